The van der Waals surface area contributed by atoms with Gasteiger partial charge in [0.1, 0.15) is 6.10 Å². The van der Waals surface area contributed by atoms with Gasteiger partial charge in [-0.1, -0.05) is 41.4 Å². The topological polar surface area (TPSA) is 93.5 Å². The summed E-state index contributed by atoms with van der Waals surface area (Å²) in [5, 5.41) is 8.35. The molecule has 132 valence electrons. The molecule has 0 amide bonds. The van der Waals surface area contributed by atoms with Crippen molar-refractivity contribution in [2.75, 3.05) is 6.26 Å². The van der Waals surface area contributed by atoms with E-state index in [1.54, 1.807) is 0 Å². The van der Waals surface area contributed by atoms with Crippen molar-refractivity contribution < 1.29 is 35.3 Å². The normalized spacial score (nSPS) is 27.4. The maximum Gasteiger partial charge on any atom is 0.420 e. The van der Waals surface area contributed by atoms with Gasteiger partial charge in [0.05, 0.1) is 12.2 Å². The summed E-state index contributed by atoms with van der Waals surface area (Å²) in [5.41, 5.74) is -1.11. The number of ether oxygens (including phenoxy) is 1. The fourth-order valence-electron chi connectivity index (χ4n) is 2.50. The fourth-order valence-corrected chi connectivity index (χ4v) is 3.87. The number of carbonyl (C=O) groups is 1. The van der Waals surface area contributed by atoms with Crippen molar-refractivity contribution in [2.24, 2.45) is 17.3 Å². The Balaban J connectivity index is 3.28. The van der Waals surface area contributed by atoms with E-state index in [4.69, 9.17) is 16.9 Å². The van der Waals surface area contributed by atoms with Gasteiger partial charge in [-0.2, -0.15) is 21.6 Å². The summed E-state index contributed by atoms with van der Waals surface area (Å²) in [4.78, 5) is 11.7. The molecule has 4 unspecified atom stereocenters. The molecule has 12 heteroatoms. The van der Waals surface area contributed by atoms with Crippen LogP contribution in [0.1, 0.15) is 13.8 Å². The predicted octanol–water partition coefficient (Wildman–Crippen LogP) is 2.52. The molecule has 0 bridgehead atoms. The van der Waals surface area contributed by atoms with Crippen LogP contribution in [0.25, 0.3) is 0 Å². The Kier molecular flexibility index (Phi) is 5.39. The number of hydrogen-bond acceptors (Lipinski definition) is 6. The first-order chi connectivity index (χ1) is 10.1. The smallest absolute Gasteiger partial charge is 0.351 e. The van der Waals surface area contributed by atoms with Gasteiger partial charge < -0.3 is 4.74 Å². The summed E-state index contributed by atoms with van der Waals surface area (Å²) in [6.07, 6.45) is -5.52. The SMILES string of the molecule is CC1(C)C(C(=O)OC#N)C1C(OS(C)(=O)=O)C(Cl)(Br)C(F)(F)F. The summed E-state index contributed by atoms with van der Waals surface area (Å²) >= 11 is 7.74. The van der Waals surface area contributed by atoms with Crippen LogP contribution in [0, 0.1) is 28.8 Å². The highest BCUT2D eigenvalue weighted by molar-refractivity contribution is 9.10. The van der Waals surface area contributed by atoms with Gasteiger partial charge in [0.2, 0.25) is 3.78 Å². The number of nitriles is 1. The number of rotatable bonds is 5. The van der Waals surface area contributed by atoms with Crippen molar-refractivity contribution in [3.8, 4) is 6.26 Å². The summed E-state index contributed by atoms with van der Waals surface area (Å²) in [6.45, 7) is 2.83. The number of nitrogens with zero attached hydrogens (tertiary/aromatic N) is 1. The van der Waals surface area contributed by atoms with Gasteiger partial charge in [0, 0.05) is 5.92 Å². The summed E-state index contributed by atoms with van der Waals surface area (Å²) < 4.78 is 67.5. The minimum absolute atomic E-state index is 0.564. The molecule has 0 aromatic rings. The van der Waals surface area contributed by atoms with Crippen LogP contribution in [0.5, 0.6) is 0 Å². The van der Waals surface area contributed by atoms with E-state index in [1.165, 1.54) is 13.8 Å². The van der Waals surface area contributed by atoms with Crippen molar-refractivity contribution in [1.29, 1.82) is 5.26 Å². The number of alkyl halides is 5. The van der Waals surface area contributed by atoms with Crippen LogP contribution in [-0.4, -0.2) is 36.7 Å². The van der Waals surface area contributed by atoms with Gasteiger partial charge in [-0.25, -0.2) is 0 Å². The Bertz CT molecular complexity index is 643. The van der Waals surface area contributed by atoms with Crippen molar-refractivity contribution in [3.63, 3.8) is 0 Å². The minimum atomic E-state index is -5.08. The maximum absolute atomic E-state index is 13.2. The van der Waals surface area contributed by atoms with Crippen LogP contribution in [-0.2, 0) is 23.8 Å². The standard InChI is InChI=1S/C11H12BrClF3NO5S/c1-9(2)5(6(9)8(18)21-4-17)7(22-23(3,19)20)10(12,13)11(14,15)16/h5-7H,1-3H3. The molecule has 0 saturated heterocycles. The van der Waals surface area contributed by atoms with Gasteiger partial charge >= 0.3 is 12.1 Å². The van der Waals surface area contributed by atoms with E-state index in [-0.39, 0.29) is 0 Å². The van der Waals surface area contributed by atoms with Gasteiger partial charge in [-0.15, -0.1) is 5.26 Å². The van der Waals surface area contributed by atoms with Crippen LogP contribution in [0.15, 0.2) is 0 Å². The number of esters is 1. The minimum Gasteiger partial charge on any atom is -0.351 e. The quantitative estimate of drug-likeness (QED) is 0.281. The molecule has 1 fully saturated rings. The zero-order chi connectivity index (χ0) is 18.4. The number of carbonyl (C=O) groups excluding carboxylic acids is 1. The highest BCUT2D eigenvalue weighted by Gasteiger charge is 2.73. The molecular formula is C11H12BrClF3NO5S. The molecular weight excluding hydrogens is 431 g/mol. The van der Waals surface area contributed by atoms with E-state index >= 15 is 0 Å². The van der Waals surface area contributed by atoms with E-state index in [0.29, 0.717) is 6.26 Å². The lowest BCUT2D eigenvalue weighted by atomic mass is 10.0. The van der Waals surface area contributed by atoms with E-state index in [2.05, 4.69) is 24.8 Å². The van der Waals surface area contributed by atoms with Crippen molar-refractivity contribution in [1.82, 2.24) is 0 Å². The summed E-state index contributed by atoms with van der Waals surface area (Å²) in [7, 11) is -4.31. The van der Waals surface area contributed by atoms with Crippen LogP contribution in [0.3, 0.4) is 0 Å². The highest BCUT2D eigenvalue weighted by atomic mass is 79.9. The van der Waals surface area contributed by atoms with Crippen LogP contribution in [0.4, 0.5) is 13.2 Å². The first-order valence-electron chi connectivity index (χ1n) is 6.00. The lowest BCUT2D eigenvalue weighted by molar-refractivity contribution is -0.158. The average Bonchev–Trinajstić information content (AvgIpc) is 2.86. The van der Waals surface area contributed by atoms with E-state index in [9.17, 15) is 26.4 Å². The summed E-state index contributed by atoms with van der Waals surface area (Å²) in [6, 6.07) is 0. The van der Waals surface area contributed by atoms with E-state index < -0.39 is 49.4 Å². The molecule has 1 rings (SSSR count). The second kappa shape index (κ2) is 6.06. The molecule has 1 aliphatic carbocycles. The van der Waals surface area contributed by atoms with Crippen molar-refractivity contribution in [2.45, 2.75) is 29.9 Å². The second-order valence-electron chi connectivity index (χ2n) is 5.68. The lowest BCUT2D eigenvalue weighted by Crippen LogP contribution is -2.49. The Morgan fingerprint density at radius 2 is 1.91 bits per heavy atom. The second-order valence-corrected chi connectivity index (χ2v) is 9.58. The first kappa shape index (κ1) is 20.5. The molecule has 0 aromatic carbocycles. The van der Waals surface area contributed by atoms with Crippen LogP contribution >= 0.6 is 27.5 Å². The molecule has 1 aliphatic rings. The molecule has 0 aliphatic heterocycles. The van der Waals surface area contributed by atoms with Gasteiger partial charge in [0.15, 0.2) is 0 Å². The largest absolute Gasteiger partial charge is 0.420 e. The molecule has 23 heavy (non-hydrogen) atoms. The third-order valence-corrected chi connectivity index (χ3v) is 5.54. The monoisotopic (exact) mass is 441 g/mol. The van der Waals surface area contributed by atoms with E-state index in [0.717, 1.165) is 6.26 Å². The van der Waals surface area contributed by atoms with Gasteiger partial charge in [-0.05, 0) is 5.41 Å². The Morgan fingerprint density at radius 3 is 2.26 bits per heavy atom. The van der Waals surface area contributed by atoms with E-state index in [1.807, 2.05) is 0 Å². The number of halogens is 5. The summed E-state index contributed by atoms with van der Waals surface area (Å²) in [5.74, 6) is -3.49. The molecule has 0 radical (unpaired) electrons. The molecule has 0 N–H and O–H groups in total. The third kappa shape index (κ3) is 4.10. The third-order valence-electron chi connectivity index (χ3n) is 3.65. The molecule has 1 saturated carbocycles. The molecule has 4 atom stereocenters. The molecule has 6 nitrogen and oxygen atoms in total. The Hall–Kier alpha value is -0.570. The molecule has 0 aromatic heterocycles. The van der Waals surface area contributed by atoms with Gasteiger partial charge in [-0.3, -0.25) is 8.98 Å². The zero-order valence-corrected chi connectivity index (χ0v) is 15.2. The Labute approximate surface area is 144 Å². The fraction of sp³-hybridized carbons (Fsp3) is 0.818. The zero-order valence-electron chi connectivity index (χ0n) is 12.0. The number of hydrogen-bond donors (Lipinski definition) is 0. The maximum atomic E-state index is 13.2. The van der Waals surface area contributed by atoms with Crippen LogP contribution in [0.2, 0.25) is 0 Å². The Morgan fingerprint density at radius 1 is 1.43 bits per heavy atom. The molecule has 0 spiro atoms. The van der Waals surface area contributed by atoms with Crippen molar-refractivity contribution >= 4 is 43.6 Å². The molecule has 0 heterocycles. The predicted molar refractivity (Wildman–Crippen MR) is 75.7 cm³/mol. The first-order valence-corrected chi connectivity index (χ1v) is 8.98. The van der Waals surface area contributed by atoms with Gasteiger partial charge in [0.25, 0.3) is 16.4 Å². The average molecular weight is 443 g/mol. The highest BCUT2D eigenvalue weighted by Crippen LogP contribution is 2.65. The lowest BCUT2D eigenvalue weighted by Gasteiger charge is -2.32. The van der Waals surface area contributed by atoms with Crippen molar-refractivity contribution in [3.05, 3.63) is 0 Å². The van der Waals surface area contributed by atoms with Crippen LogP contribution < -0.4 is 0 Å².